The number of unbranched alkanes of at least 4 members (excludes halogenated alkanes) is 2. The van der Waals surface area contributed by atoms with E-state index in [2.05, 4.69) is 15.0 Å². The predicted octanol–water partition coefficient (Wildman–Crippen LogP) is 3.68. The highest BCUT2D eigenvalue weighted by molar-refractivity contribution is 7.89. The van der Waals surface area contributed by atoms with Crippen LogP contribution in [0, 0.1) is 0 Å². The van der Waals surface area contributed by atoms with Crippen molar-refractivity contribution in [3.05, 3.63) is 76.9 Å². The van der Waals surface area contributed by atoms with Crippen molar-refractivity contribution < 1.29 is 13.2 Å². The van der Waals surface area contributed by atoms with Crippen molar-refractivity contribution in [3.63, 3.8) is 0 Å². The molecule has 9 heteroatoms. The van der Waals surface area contributed by atoms with Crippen molar-refractivity contribution in [3.8, 4) is 0 Å². The first-order valence-corrected chi connectivity index (χ1v) is 9.62. The maximum Gasteiger partial charge on any atom is 0.249 e. The zero-order valence-corrected chi connectivity index (χ0v) is 15.4. The second kappa shape index (κ2) is 14.6. The lowest BCUT2D eigenvalue weighted by Gasteiger charge is -1.94. The Balaban J connectivity index is 0.000000376. The van der Waals surface area contributed by atoms with Gasteiger partial charge in [0.25, 0.3) is 0 Å². The van der Waals surface area contributed by atoms with Gasteiger partial charge in [0.2, 0.25) is 15.9 Å². The lowest BCUT2D eigenvalue weighted by Crippen LogP contribution is -2.16. The van der Waals surface area contributed by atoms with Crippen molar-refractivity contribution in [1.29, 1.82) is 0 Å². The maximum absolute atomic E-state index is 10.8. The van der Waals surface area contributed by atoms with E-state index in [4.69, 9.17) is 10.7 Å². The molecule has 0 atom stereocenters. The molecule has 0 saturated heterocycles. The summed E-state index contributed by atoms with van der Waals surface area (Å²) >= 11 is 0. The summed E-state index contributed by atoms with van der Waals surface area (Å²) in [4.78, 5) is 17.0. The minimum atomic E-state index is -3.20. The van der Waals surface area contributed by atoms with Gasteiger partial charge in [-0.3, -0.25) is 9.78 Å². The highest BCUT2D eigenvalue weighted by atomic mass is 32.2. The molecule has 1 heterocycles. The summed E-state index contributed by atoms with van der Waals surface area (Å²) in [6, 6.07) is 14.1. The number of pyridine rings is 1. The number of hydrogen-bond acceptors (Lipinski definition) is 4. The van der Waals surface area contributed by atoms with Gasteiger partial charge in [-0.1, -0.05) is 56.2 Å². The number of primary sulfonamides is 1. The van der Waals surface area contributed by atoms with E-state index < -0.39 is 15.9 Å². The Bertz CT molecular complexity index is 735. The van der Waals surface area contributed by atoms with Gasteiger partial charge >= 0.3 is 0 Å². The summed E-state index contributed by atoms with van der Waals surface area (Å²) in [5.41, 5.74) is 8.34. The number of nitrogens with zero attached hydrogens (tertiary/aromatic N) is 4. The van der Waals surface area contributed by atoms with Crippen LogP contribution < -0.4 is 5.14 Å². The first-order valence-electron chi connectivity index (χ1n) is 7.90. The van der Waals surface area contributed by atoms with E-state index >= 15 is 0 Å². The van der Waals surface area contributed by atoms with Crippen molar-refractivity contribution in [2.75, 3.05) is 5.75 Å². The first kappa shape index (κ1) is 23.3. The van der Waals surface area contributed by atoms with Crippen LogP contribution in [-0.4, -0.2) is 25.1 Å². The van der Waals surface area contributed by atoms with Crippen LogP contribution >= 0.6 is 0 Å². The minimum absolute atomic E-state index is 0.126. The molecule has 0 aliphatic heterocycles. The number of amides is 1. The van der Waals surface area contributed by atoms with Gasteiger partial charge in [-0.2, -0.15) is 0 Å². The molecule has 0 fully saturated rings. The largest absolute Gasteiger partial charge is 0.287 e. The van der Waals surface area contributed by atoms with Crippen molar-refractivity contribution in [2.24, 2.45) is 10.3 Å². The van der Waals surface area contributed by atoms with Crippen LogP contribution in [0.5, 0.6) is 0 Å². The normalized spacial score (nSPS) is 9.46. The molecule has 8 nitrogen and oxygen atoms in total. The van der Waals surface area contributed by atoms with Crippen LogP contribution in [0.2, 0.25) is 0 Å². The van der Waals surface area contributed by atoms with Gasteiger partial charge in [0, 0.05) is 22.9 Å². The lowest BCUT2D eigenvalue weighted by molar-refractivity contribution is 0.100. The van der Waals surface area contributed by atoms with Crippen LogP contribution in [0.25, 0.3) is 10.4 Å². The molecule has 2 N–H and O–H groups in total. The summed E-state index contributed by atoms with van der Waals surface area (Å²) < 4.78 is 20.6. The molecule has 0 aliphatic rings. The van der Waals surface area contributed by atoms with E-state index in [0.717, 1.165) is 12.8 Å². The number of hydrogen-bond donors (Lipinski definition) is 1. The monoisotopic (exact) mass is 377 g/mol. The predicted molar refractivity (Wildman–Crippen MR) is 102 cm³/mol. The van der Waals surface area contributed by atoms with Gasteiger partial charge < -0.3 is 0 Å². The highest BCUT2D eigenvalue weighted by Crippen LogP contribution is 2.00. The fourth-order valence-corrected chi connectivity index (χ4v) is 2.15. The number of carbonyl (C=O) groups excluding carboxylic acids is 1. The first-order chi connectivity index (χ1) is 12.4. The van der Waals surface area contributed by atoms with E-state index in [-0.39, 0.29) is 5.75 Å². The Morgan fingerprint density at radius 1 is 1.12 bits per heavy atom. The molecule has 0 unspecified atom stereocenters. The molecule has 0 bridgehead atoms. The molecular weight excluding hydrogens is 354 g/mol. The van der Waals surface area contributed by atoms with Crippen molar-refractivity contribution >= 4 is 15.9 Å². The number of sulfonamides is 1. The third kappa shape index (κ3) is 14.8. The van der Waals surface area contributed by atoms with Crippen LogP contribution in [0.4, 0.5) is 0 Å². The standard InChI is InChI=1S/C7H5N3O.C5H13NO2S.C5H5N/c8-10-9-7(11)6-4-2-1-3-5-6;1-2-3-4-5-9(6,7)8;1-2-4-6-5-3-1/h1-5H;2-5H2,1H3,(H2,6,7,8);1-5H. The molecule has 0 saturated carbocycles. The summed E-state index contributed by atoms with van der Waals surface area (Å²) in [6.07, 6.45) is 6.15. The number of azide groups is 1. The highest BCUT2D eigenvalue weighted by Gasteiger charge is 1.99. The van der Waals surface area contributed by atoms with Crippen molar-refractivity contribution in [2.45, 2.75) is 26.2 Å². The topological polar surface area (TPSA) is 139 Å². The van der Waals surface area contributed by atoms with E-state index in [1.54, 1.807) is 42.7 Å². The smallest absolute Gasteiger partial charge is 0.249 e. The fraction of sp³-hybridized carbons (Fsp3) is 0.294. The summed E-state index contributed by atoms with van der Waals surface area (Å²) in [5.74, 6) is -0.422. The number of nitrogens with two attached hydrogens (primary N) is 1. The molecule has 1 aromatic heterocycles. The van der Waals surface area contributed by atoms with Crippen LogP contribution in [0.1, 0.15) is 36.5 Å². The summed E-state index contributed by atoms with van der Waals surface area (Å²) in [5, 5.41) is 7.68. The van der Waals surface area contributed by atoms with Crippen LogP contribution in [0.15, 0.2) is 66.0 Å². The summed E-state index contributed by atoms with van der Waals surface area (Å²) in [7, 11) is -3.20. The molecule has 1 amide bonds. The number of carbonyl (C=O) groups is 1. The number of rotatable bonds is 5. The number of benzene rings is 1. The third-order valence-corrected chi connectivity index (χ3v) is 3.61. The Kier molecular flexibility index (Phi) is 13.1. The molecule has 140 valence electrons. The Hall–Kier alpha value is -2.74. The molecule has 1 aromatic carbocycles. The zero-order chi connectivity index (χ0) is 19.7. The molecule has 26 heavy (non-hydrogen) atoms. The molecular formula is C17H23N5O3S. The maximum atomic E-state index is 10.8. The molecule has 0 spiro atoms. The van der Waals surface area contributed by atoms with Gasteiger partial charge in [-0.25, -0.2) is 13.6 Å². The Morgan fingerprint density at radius 2 is 1.69 bits per heavy atom. The lowest BCUT2D eigenvalue weighted by atomic mass is 10.2. The number of aromatic nitrogens is 1. The SMILES string of the molecule is CCCCCS(N)(=O)=O.[N-]=[N+]=NC(=O)c1ccccc1.c1ccncc1. The summed E-state index contributed by atoms with van der Waals surface area (Å²) in [6.45, 7) is 2.02. The Labute approximate surface area is 153 Å². The average molecular weight is 377 g/mol. The van der Waals surface area contributed by atoms with E-state index in [1.165, 1.54) is 0 Å². The molecule has 0 aliphatic carbocycles. The molecule has 2 rings (SSSR count). The van der Waals surface area contributed by atoms with Gasteiger partial charge in [0.05, 0.1) is 5.75 Å². The van der Waals surface area contributed by atoms with E-state index in [1.807, 2.05) is 25.1 Å². The molecule has 0 radical (unpaired) electrons. The van der Waals surface area contributed by atoms with E-state index in [0.29, 0.717) is 12.0 Å². The van der Waals surface area contributed by atoms with Gasteiger partial charge in [-0.05, 0) is 29.2 Å². The fourth-order valence-electron chi connectivity index (χ4n) is 1.54. The van der Waals surface area contributed by atoms with Gasteiger partial charge in [-0.15, -0.1) is 0 Å². The quantitative estimate of drug-likeness (QED) is 0.367. The van der Waals surface area contributed by atoms with Crippen molar-refractivity contribution in [1.82, 2.24) is 4.98 Å². The third-order valence-electron chi connectivity index (χ3n) is 2.76. The zero-order valence-electron chi connectivity index (χ0n) is 14.6. The average Bonchev–Trinajstić information content (AvgIpc) is 2.64. The van der Waals surface area contributed by atoms with Crippen LogP contribution in [-0.2, 0) is 10.0 Å². The minimum Gasteiger partial charge on any atom is -0.287 e. The van der Waals surface area contributed by atoms with Gasteiger partial charge in [0.1, 0.15) is 0 Å². The van der Waals surface area contributed by atoms with E-state index in [9.17, 15) is 13.2 Å². The second-order valence-corrected chi connectivity index (χ2v) is 6.69. The molecule has 2 aromatic rings. The Morgan fingerprint density at radius 3 is 2.08 bits per heavy atom. The van der Waals surface area contributed by atoms with Crippen LogP contribution in [0.3, 0.4) is 0 Å². The van der Waals surface area contributed by atoms with Gasteiger partial charge in [0.15, 0.2) is 0 Å². The second-order valence-electron chi connectivity index (χ2n) is 4.96.